The van der Waals surface area contributed by atoms with Gasteiger partial charge in [0, 0.05) is 6.07 Å². The van der Waals surface area contributed by atoms with E-state index in [1.54, 1.807) is 12.3 Å². The Kier molecular flexibility index (Phi) is 4.89. The minimum absolute atomic E-state index is 0.104. The first kappa shape index (κ1) is 16.6. The zero-order chi connectivity index (χ0) is 17.1. The van der Waals surface area contributed by atoms with Crippen LogP contribution in [0, 0.1) is 0 Å². The fraction of sp³-hybridized carbons (Fsp3) is 0.353. The van der Waals surface area contributed by atoms with Crippen molar-refractivity contribution in [2.45, 2.75) is 43.7 Å². The van der Waals surface area contributed by atoms with Crippen LogP contribution in [0.1, 0.15) is 33.2 Å². The summed E-state index contributed by atoms with van der Waals surface area (Å²) in [6.07, 6.45) is 2.64. The molecule has 2 aromatic heterocycles. The molecular formula is C17H20N4O2S. The van der Waals surface area contributed by atoms with E-state index in [4.69, 9.17) is 4.42 Å². The summed E-state index contributed by atoms with van der Waals surface area (Å²) in [5, 5.41) is 7.37. The van der Waals surface area contributed by atoms with Crippen LogP contribution in [-0.2, 0) is 4.79 Å². The van der Waals surface area contributed by atoms with Gasteiger partial charge in [0.05, 0.1) is 17.5 Å². The van der Waals surface area contributed by atoms with Gasteiger partial charge in [-0.15, -0.1) is 0 Å². The lowest BCUT2D eigenvalue weighted by Crippen LogP contribution is -2.24. The largest absolute Gasteiger partial charge is 0.431 e. The van der Waals surface area contributed by atoms with Crippen LogP contribution < -0.4 is 5.32 Å². The lowest BCUT2D eigenvalue weighted by atomic mass is 10.3. The summed E-state index contributed by atoms with van der Waals surface area (Å²) in [5.74, 6) is 0.603. The monoisotopic (exact) mass is 344 g/mol. The highest BCUT2D eigenvalue weighted by molar-refractivity contribution is 8.00. The second kappa shape index (κ2) is 7.09. The molecule has 0 aliphatic carbocycles. The third-order valence-electron chi connectivity index (χ3n) is 3.85. The number of carbonyl (C=O) groups is 1. The Labute approximate surface area is 144 Å². The minimum Gasteiger partial charge on any atom is -0.431 e. The SMILES string of the molecule is CC[C@@H](C)n1nccc1NC(=O)[C@@H](C)Sc1nc2ccccc2o1. The molecule has 0 spiro atoms. The van der Waals surface area contributed by atoms with Crippen LogP contribution in [0.4, 0.5) is 5.82 Å². The molecule has 0 saturated heterocycles. The quantitative estimate of drug-likeness (QED) is 0.681. The summed E-state index contributed by atoms with van der Waals surface area (Å²) in [5.41, 5.74) is 1.52. The van der Waals surface area contributed by atoms with Gasteiger partial charge in [-0.25, -0.2) is 9.67 Å². The Morgan fingerprint density at radius 1 is 1.33 bits per heavy atom. The molecule has 6 nitrogen and oxygen atoms in total. The maximum Gasteiger partial charge on any atom is 0.257 e. The number of aromatic nitrogens is 3. The van der Waals surface area contributed by atoms with Crippen LogP contribution in [-0.4, -0.2) is 25.9 Å². The average Bonchev–Trinajstić information content (AvgIpc) is 3.19. The lowest BCUT2D eigenvalue weighted by molar-refractivity contribution is -0.115. The Hall–Kier alpha value is -2.28. The molecule has 7 heteroatoms. The van der Waals surface area contributed by atoms with E-state index in [1.165, 1.54) is 11.8 Å². The van der Waals surface area contributed by atoms with Gasteiger partial charge < -0.3 is 9.73 Å². The number of anilines is 1. The van der Waals surface area contributed by atoms with Gasteiger partial charge in [-0.3, -0.25) is 4.79 Å². The molecule has 1 amide bonds. The first-order valence-electron chi connectivity index (χ1n) is 7.95. The molecule has 3 rings (SSSR count). The Morgan fingerprint density at radius 2 is 2.12 bits per heavy atom. The maximum absolute atomic E-state index is 12.5. The number of para-hydroxylation sites is 2. The normalized spacial score (nSPS) is 13.8. The fourth-order valence-corrected chi connectivity index (χ4v) is 3.03. The van der Waals surface area contributed by atoms with Gasteiger partial charge in [-0.2, -0.15) is 5.10 Å². The summed E-state index contributed by atoms with van der Waals surface area (Å²) in [7, 11) is 0. The zero-order valence-corrected chi connectivity index (χ0v) is 14.7. The highest BCUT2D eigenvalue weighted by Gasteiger charge is 2.20. The van der Waals surface area contributed by atoms with Crippen LogP contribution >= 0.6 is 11.8 Å². The van der Waals surface area contributed by atoms with Gasteiger partial charge in [-0.05, 0) is 32.4 Å². The molecule has 0 bridgehead atoms. The Balaban J connectivity index is 1.67. The number of benzene rings is 1. The molecule has 1 N–H and O–H groups in total. The summed E-state index contributed by atoms with van der Waals surface area (Å²) >= 11 is 1.30. The lowest BCUT2D eigenvalue weighted by Gasteiger charge is -2.15. The third kappa shape index (κ3) is 3.46. The molecule has 0 saturated carbocycles. The van der Waals surface area contributed by atoms with E-state index in [0.717, 1.165) is 17.5 Å². The molecule has 0 aliphatic rings. The van der Waals surface area contributed by atoms with Crippen molar-refractivity contribution < 1.29 is 9.21 Å². The minimum atomic E-state index is -0.335. The van der Waals surface area contributed by atoms with Crippen LogP contribution in [0.5, 0.6) is 0 Å². The molecule has 0 aliphatic heterocycles. The number of hydrogen-bond acceptors (Lipinski definition) is 5. The highest BCUT2D eigenvalue weighted by Crippen LogP contribution is 2.27. The van der Waals surface area contributed by atoms with E-state index in [0.29, 0.717) is 11.0 Å². The molecule has 3 aromatic rings. The molecule has 2 heterocycles. The first-order chi connectivity index (χ1) is 11.6. The standard InChI is InChI=1S/C17H20N4O2S/c1-4-11(2)21-15(9-10-18-21)20-16(22)12(3)24-17-19-13-7-5-6-8-14(13)23-17/h5-12H,4H2,1-3H3,(H,20,22)/t11-,12-/m1/s1. The van der Waals surface area contributed by atoms with Gasteiger partial charge >= 0.3 is 0 Å². The van der Waals surface area contributed by atoms with E-state index in [9.17, 15) is 4.79 Å². The second-order valence-corrected chi connectivity index (χ2v) is 6.91. The molecule has 1 aromatic carbocycles. The van der Waals surface area contributed by atoms with Crippen LogP contribution in [0.2, 0.25) is 0 Å². The summed E-state index contributed by atoms with van der Waals surface area (Å²) in [6.45, 7) is 5.99. The van der Waals surface area contributed by atoms with Crippen molar-refractivity contribution in [3.63, 3.8) is 0 Å². The zero-order valence-electron chi connectivity index (χ0n) is 13.9. The first-order valence-corrected chi connectivity index (χ1v) is 8.83. The number of oxazole rings is 1. The van der Waals surface area contributed by atoms with Crippen molar-refractivity contribution in [2.24, 2.45) is 0 Å². The molecule has 24 heavy (non-hydrogen) atoms. The van der Waals surface area contributed by atoms with Crippen molar-refractivity contribution in [3.05, 3.63) is 36.5 Å². The number of amides is 1. The van der Waals surface area contributed by atoms with Gasteiger partial charge in [0.2, 0.25) is 5.91 Å². The van der Waals surface area contributed by atoms with Crippen molar-refractivity contribution in [1.82, 2.24) is 14.8 Å². The van der Waals surface area contributed by atoms with Crippen LogP contribution in [0.3, 0.4) is 0 Å². The van der Waals surface area contributed by atoms with Gasteiger partial charge in [0.25, 0.3) is 5.22 Å². The fourth-order valence-electron chi connectivity index (χ4n) is 2.27. The molecule has 0 radical (unpaired) electrons. The van der Waals surface area contributed by atoms with E-state index in [2.05, 4.69) is 29.2 Å². The maximum atomic E-state index is 12.5. The number of nitrogens with zero attached hydrogens (tertiary/aromatic N) is 3. The van der Waals surface area contributed by atoms with Gasteiger partial charge in [-0.1, -0.05) is 30.8 Å². The summed E-state index contributed by atoms with van der Waals surface area (Å²) < 4.78 is 7.49. The number of thioether (sulfide) groups is 1. The topological polar surface area (TPSA) is 73.0 Å². The van der Waals surface area contributed by atoms with E-state index >= 15 is 0 Å². The summed E-state index contributed by atoms with van der Waals surface area (Å²) in [6, 6.07) is 9.59. The highest BCUT2D eigenvalue weighted by atomic mass is 32.2. The number of hydrogen-bond donors (Lipinski definition) is 1. The molecule has 0 fully saturated rings. The number of fused-ring (bicyclic) bond motifs is 1. The number of nitrogens with one attached hydrogen (secondary N) is 1. The van der Waals surface area contributed by atoms with Gasteiger partial charge in [0.15, 0.2) is 5.58 Å². The molecule has 0 unspecified atom stereocenters. The molecule has 2 atom stereocenters. The third-order valence-corrected chi connectivity index (χ3v) is 4.79. The second-order valence-electron chi connectivity index (χ2n) is 5.62. The summed E-state index contributed by atoms with van der Waals surface area (Å²) in [4.78, 5) is 16.8. The van der Waals surface area contributed by atoms with E-state index < -0.39 is 0 Å². The van der Waals surface area contributed by atoms with Crippen LogP contribution in [0.15, 0.2) is 46.2 Å². The van der Waals surface area contributed by atoms with E-state index in [1.807, 2.05) is 35.9 Å². The predicted octanol–water partition coefficient (Wildman–Crippen LogP) is 4.11. The molecular weight excluding hydrogens is 324 g/mol. The van der Waals surface area contributed by atoms with E-state index in [-0.39, 0.29) is 17.2 Å². The van der Waals surface area contributed by atoms with Gasteiger partial charge in [0.1, 0.15) is 11.3 Å². The van der Waals surface area contributed by atoms with Crippen molar-refractivity contribution in [1.29, 1.82) is 0 Å². The smallest absolute Gasteiger partial charge is 0.257 e. The van der Waals surface area contributed by atoms with Crippen molar-refractivity contribution >= 4 is 34.6 Å². The number of rotatable bonds is 6. The van der Waals surface area contributed by atoms with Crippen molar-refractivity contribution in [2.75, 3.05) is 5.32 Å². The van der Waals surface area contributed by atoms with Crippen molar-refractivity contribution in [3.8, 4) is 0 Å². The predicted molar refractivity (Wildman–Crippen MR) is 95.2 cm³/mol. The number of carbonyl (C=O) groups excluding carboxylic acids is 1. The molecule has 126 valence electrons. The Morgan fingerprint density at radius 3 is 2.88 bits per heavy atom. The Bertz CT molecular complexity index is 809. The van der Waals surface area contributed by atoms with Crippen LogP contribution in [0.25, 0.3) is 11.1 Å². The average molecular weight is 344 g/mol.